The molecule has 0 radical (unpaired) electrons. The zero-order valence-corrected chi connectivity index (χ0v) is 6.44. The van der Waals surface area contributed by atoms with Crippen molar-refractivity contribution in [3.8, 4) is 0 Å². The van der Waals surface area contributed by atoms with Crippen LogP contribution in [0.15, 0.2) is 5.16 Å². The summed E-state index contributed by atoms with van der Waals surface area (Å²) in [6.45, 7) is 0. The third-order valence-corrected chi connectivity index (χ3v) is 1.68. The lowest BCUT2D eigenvalue weighted by Gasteiger charge is -1.98. The Kier molecular flexibility index (Phi) is 2.14. The summed E-state index contributed by atoms with van der Waals surface area (Å²) in [5.41, 5.74) is 0. The van der Waals surface area contributed by atoms with Gasteiger partial charge in [0.15, 0.2) is 0 Å². The van der Waals surface area contributed by atoms with E-state index >= 15 is 0 Å². The fraction of sp³-hybridized carbons (Fsp3) is 0.750. The van der Waals surface area contributed by atoms with Crippen molar-refractivity contribution in [2.45, 2.75) is 12.5 Å². The van der Waals surface area contributed by atoms with E-state index in [1.165, 1.54) is 0 Å². The minimum Gasteiger partial charge on any atom is -0.390 e. The first-order valence-electron chi connectivity index (χ1n) is 2.27. The van der Waals surface area contributed by atoms with Crippen LogP contribution in [0.5, 0.6) is 0 Å². The summed E-state index contributed by atoms with van der Waals surface area (Å²) < 4.78 is 0.850. The number of alkyl halides is 1. The van der Waals surface area contributed by atoms with Crippen molar-refractivity contribution in [2.75, 3.05) is 5.88 Å². The molecule has 0 bridgehead atoms. The van der Waals surface area contributed by atoms with Gasteiger partial charge in [-0.1, -0.05) is 5.16 Å². The molecule has 0 aromatic heterocycles. The smallest absolute Gasteiger partial charge is 0.147 e. The second-order valence-electron chi connectivity index (χ2n) is 1.55. The number of nitrogens with zero attached hydrogens (tertiary/aromatic N) is 1. The van der Waals surface area contributed by atoms with Gasteiger partial charge in [0.2, 0.25) is 0 Å². The van der Waals surface area contributed by atoms with Crippen molar-refractivity contribution in [1.29, 1.82) is 0 Å². The Morgan fingerprint density at radius 2 is 2.75 bits per heavy atom. The predicted molar refractivity (Wildman–Crippen MR) is 36.6 cm³/mol. The van der Waals surface area contributed by atoms with Crippen LogP contribution in [0.25, 0.3) is 0 Å². The molecule has 0 saturated heterocycles. The van der Waals surface area contributed by atoms with Gasteiger partial charge in [-0.3, -0.25) is 0 Å². The fourth-order valence-electron chi connectivity index (χ4n) is 0.477. The highest BCUT2D eigenvalue weighted by atomic mass is 79.9. The number of rotatable bonds is 1. The lowest BCUT2D eigenvalue weighted by molar-refractivity contribution is 0.102. The van der Waals surface area contributed by atoms with E-state index in [0.29, 0.717) is 5.88 Å². The monoisotopic (exact) mass is 197 g/mol. The number of hydrogen-bond acceptors (Lipinski definition) is 2. The summed E-state index contributed by atoms with van der Waals surface area (Å²) >= 11 is 8.64. The molecular weight excluding hydrogens is 193 g/mol. The van der Waals surface area contributed by atoms with E-state index in [1.807, 2.05) is 0 Å². The van der Waals surface area contributed by atoms with Gasteiger partial charge in [-0.15, -0.1) is 11.6 Å². The number of hydrogen-bond donors (Lipinski definition) is 0. The molecule has 0 saturated carbocycles. The van der Waals surface area contributed by atoms with Gasteiger partial charge in [0.25, 0.3) is 0 Å². The van der Waals surface area contributed by atoms with Gasteiger partial charge in [0, 0.05) is 6.42 Å². The second kappa shape index (κ2) is 2.69. The van der Waals surface area contributed by atoms with Crippen molar-refractivity contribution in [1.82, 2.24) is 0 Å². The Labute approximate surface area is 61.0 Å². The van der Waals surface area contributed by atoms with E-state index in [1.54, 1.807) is 0 Å². The van der Waals surface area contributed by atoms with Crippen LogP contribution < -0.4 is 0 Å². The van der Waals surface area contributed by atoms with Crippen molar-refractivity contribution in [3.05, 3.63) is 0 Å². The van der Waals surface area contributed by atoms with Gasteiger partial charge in [0.05, 0.1) is 5.88 Å². The van der Waals surface area contributed by atoms with E-state index in [9.17, 15) is 0 Å². The van der Waals surface area contributed by atoms with Gasteiger partial charge >= 0.3 is 0 Å². The Morgan fingerprint density at radius 3 is 3.00 bits per heavy atom. The van der Waals surface area contributed by atoms with Crippen LogP contribution in [0.2, 0.25) is 0 Å². The summed E-state index contributed by atoms with van der Waals surface area (Å²) in [5.74, 6) is 0.513. The molecule has 1 atom stereocenters. The lowest BCUT2D eigenvalue weighted by atomic mass is 10.3. The topological polar surface area (TPSA) is 21.6 Å². The average molecular weight is 198 g/mol. The van der Waals surface area contributed by atoms with Gasteiger partial charge in [0.1, 0.15) is 10.7 Å². The van der Waals surface area contributed by atoms with Gasteiger partial charge in [-0.2, -0.15) is 0 Å². The summed E-state index contributed by atoms with van der Waals surface area (Å²) in [7, 11) is 0. The summed E-state index contributed by atoms with van der Waals surface area (Å²) in [4.78, 5) is 4.82. The molecule has 0 N–H and O–H groups in total. The van der Waals surface area contributed by atoms with E-state index in [2.05, 4.69) is 21.1 Å². The van der Waals surface area contributed by atoms with Gasteiger partial charge in [-0.25, -0.2) is 0 Å². The molecule has 1 heterocycles. The first-order valence-corrected chi connectivity index (χ1v) is 3.60. The highest BCUT2D eigenvalue weighted by molar-refractivity contribution is 9.18. The number of oxime groups is 1. The number of halogens is 2. The third kappa shape index (κ3) is 1.36. The zero-order chi connectivity index (χ0) is 5.98. The zero-order valence-electron chi connectivity index (χ0n) is 4.10. The SMILES string of the molecule is ClCC1CC(Br)=NO1. The highest BCUT2D eigenvalue weighted by Crippen LogP contribution is 2.14. The average Bonchev–Trinajstić information content (AvgIpc) is 2.14. The quantitative estimate of drug-likeness (QED) is 0.588. The molecule has 46 valence electrons. The standard InChI is InChI=1S/C4H5BrClNO/c5-4-1-3(2-6)8-7-4/h3H,1-2H2. The molecule has 2 nitrogen and oxygen atoms in total. The first-order chi connectivity index (χ1) is 3.83. The van der Waals surface area contributed by atoms with Crippen molar-refractivity contribution < 1.29 is 4.84 Å². The molecular formula is C4H5BrClNO. The maximum absolute atomic E-state index is 5.45. The molecule has 1 aliphatic rings. The third-order valence-electron chi connectivity index (χ3n) is 0.869. The molecule has 1 rings (SSSR count). The first kappa shape index (κ1) is 6.36. The molecule has 8 heavy (non-hydrogen) atoms. The van der Waals surface area contributed by atoms with Crippen LogP contribution in [-0.4, -0.2) is 16.6 Å². The Hall–Kier alpha value is 0.240. The van der Waals surface area contributed by atoms with E-state index in [4.69, 9.17) is 16.4 Å². The minimum absolute atomic E-state index is 0.0889. The van der Waals surface area contributed by atoms with E-state index in [-0.39, 0.29) is 6.10 Å². The van der Waals surface area contributed by atoms with Gasteiger partial charge in [-0.05, 0) is 15.9 Å². The van der Waals surface area contributed by atoms with Gasteiger partial charge < -0.3 is 4.84 Å². The predicted octanol–water partition coefficient (Wildman–Crippen LogP) is 1.72. The molecule has 0 fully saturated rings. The molecule has 0 amide bonds. The van der Waals surface area contributed by atoms with Crippen LogP contribution in [0.1, 0.15) is 6.42 Å². The minimum atomic E-state index is 0.0889. The normalized spacial score (nSPS) is 27.2. The summed E-state index contributed by atoms with van der Waals surface area (Å²) in [6.07, 6.45) is 0.898. The highest BCUT2D eigenvalue weighted by Gasteiger charge is 2.16. The van der Waals surface area contributed by atoms with Crippen LogP contribution in [0, 0.1) is 0 Å². The fourth-order valence-corrected chi connectivity index (χ4v) is 1.09. The largest absolute Gasteiger partial charge is 0.390 e. The molecule has 0 spiro atoms. The van der Waals surface area contributed by atoms with Crippen molar-refractivity contribution in [2.24, 2.45) is 5.16 Å². The maximum atomic E-state index is 5.45. The van der Waals surface area contributed by atoms with Crippen molar-refractivity contribution in [3.63, 3.8) is 0 Å². The van der Waals surface area contributed by atoms with E-state index < -0.39 is 0 Å². The Bertz CT molecular complexity index is 117. The molecule has 4 heteroatoms. The molecule has 0 aromatic carbocycles. The lowest BCUT2D eigenvalue weighted by Crippen LogP contribution is -2.06. The second-order valence-corrected chi connectivity index (χ2v) is 2.78. The molecule has 0 aliphatic carbocycles. The molecule has 1 unspecified atom stereocenters. The summed E-state index contributed by atoms with van der Waals surface area (Å²) in [5, 5.41) is 3.64. The summed E-state index contributed by atoms with van der Waals surface area (Å²) in [6, 6.07) is 0. The molecule has 1 aliphatic heterocycles. The van der Waals surface area contributed by atoms with Crippen LogP contribution in [-0.2, 0) is 4.84 Å². The van der Waals surface area contributed by atoms with Crippen LogP contribution in [0.3, 0.4) is 0 Å². The van der Waals surface area contributed by atoms with Crippen molar-refractivity contribution >= 4 is 32.2 Å². The maximum Gasteiger partial charge on any atom is 0.147 e. The van der Waals surface area contributed by atoms with Crippen LogP contribution in [0.4, 0.5) is 0 Å². The molecule has 0 aromatic rings. The Balaban J connectivity index is 2.32. The van der Waals surface area contributed by atoms with Crippen LogP contribution >= 0.6 is 27.5 Å². The Morgan fingerprint density at radius 1 is 2.00 bits per heavy atom. The van der Waals surface area contributed by atoms with E-state index in [0.717, 1.165) is 11.0 Å².